The predicted octanol–water partition coefficient (Wildman–Crippen LogP) is 1.01. The molecule has 0 unspecified atom stereocenters. The van der Waals surface area contributed by atoms with Crippen molar-refractivity contribution in [1.82, 2.24) is 14.5 Å². The van der Waals surface area contributed by atoms with E-state index >= 15 is 0 Å². The summed E-state index contributed by atoms with van der Waals surface area (Å²) < 4.78 is 31.8. The average molecular weight is 426 g/mol. The van der Waals surface area contributed by atoms with E-state index in [2.05, 4.69) is 5.32 Å². The first kappa shape index (κ1) is 23.3. The highest BCUT2D eigenvalue weighted by atomic mass is 32.2. The fraction of sp³-hybridized carbons (Fsp3) is 0.600. The monoisotopic (exact) mass is 425 g/mol. The van der Waals surface area contributed by atoms with Crippen LogP contribution in [0.2, 0.25) is 0 Å². The lowest BCUT2D eigenvalue weighted by molar-refractivity contribution is -0.146. The molecule has 0 aliphatic carbocycles. The first-order valence-corrected chi connectivity index (χ1v) is 11.3. The predicted molar refractivity (Wildman–Crippen MR) is 110 cm³/mol. The highest BCUT2D eigenvalue weighted by molar-refractivity contribution is 7.89. The molecule has 1 fully saturated rings. The summed E-state index contributed by atoms with van der Waals surface area (Å²) in [6.45, 7) is 7.38. The minimum absolute atomic E-state index is 0.0390. The number of carbonyl (C=O) groups is 2. The smallest absolute Gasteiger partial charge is 0.328 e. The Labute approximate surface area is 173 Å². The Hall–Kier alpha value is -1.97. The van der Waals surface area contributed by atoms with Crippen molar-refractivity contribution in [3.8, 4) is 0 Å². The molecule has 1 aliphatic rings. The van der Waals surface area contributed by atoms with Crippen molar-refractivity contribution in [3.63, 3.8) is 0 Å². The maximum atomic E-state index is 12.8. The number of amides is 1. The second-order valence-electron chi connectivity index (χ2n) is 7.45. The molecule has 1 amide bonds. The molecule has 1 N–H and O–H groups in total. The summed E-state index contributed by atoms with van der Waals surface area (Å²) in [5.41, 5.74) is 1.00. The molecule has 2 rings (SSSR count). The maximum Gasteiger partial charge on any atom is 0.328 e. The first-order chi connectivity index (χ1) is 13.7. The molecule has 1 aliphatic heterocycles. The fourth-order valence-electron chi connectivity index (χ4n) is 3.21. The second kappa shape index (κ2) is 10.2. The molecule has 29 heavy (non-hydrogen) atoms. The Kier molecular flexibility index (Phi) is 8.18. The molecule has 8 nitrogen and oxygen atoms in total. The fourth-order valence-corrected chi connectivity index (χ4v) is 4.63. The van der Waals surface area contributed by atoms with Crippen LogP contribution in [-0.4, -0.2) is 75.4 Å². The number of nitrogens with one attached hydrogen (secondary N) is 1. The van der Waals surface area contributed by atoms with Gasteiger partial charge in [0.15, 0.2) is 0 Å². The molecule has 1 aromatic carbocycles. The molecular weight excluding hydrogens is 394 g/mol. The summed E-state index contributed by atoms with van der Waals surface area (Å²) in [5.74, 6) is -0.764. The third kappa shape index (κ3) is 6.01. The molecule has 0 aromatic heterocycles. The topological polar surface area (TPSA) is 96.0 Å². The Balaban J connectivity index is 1.91. The van der Waals surface area contributed by atoms with Gasteiger partial charge in [-0.1, -0.05) is 38.0 Å². The van der Waals surface area contributed by atoms with Crippen molar-refractivity contribution < 1.29 is 22.7 Å². The summed E-state index contributed by atoms with van der Waals surface area (Å²) in [6, 6.07) is 6.12. The van der Waals surface area contributed by atoms with Gasteiger partial charge in [-0.05, 0) is 25.0 Å². The summed E-state index contributed by atoms with van der Waals surface area (Å²) in [6.07, 6.45) is 0.732. The molecule has 1 saturated heterocycles. The van der Waals surface area contributed by atoms with Crippen LogP contribution in [0.1, 0.15) is 25.8 Å². The quantitative estimate of drug-likeness (QED) is 0.625. The Morgan fingerprint density at radius 3 is 2.24 bits per heavy atom. The van der Waals surface area contributed by atoms with Crippen LogP contribution < -0.4 is 5.32 Å². The Bertz CT molecular complexity index is 802. The number of methoxy groups -OCH3 is 1. The Morgan fingerprint density at radius 2 is 1.72 bits per heavy atom. The molecule has 0 spiro atoms. The molecule has 0 radical (unpaired) electrons. The van der Waals surface area contributed by atoms with Gasteiger partial charge in [0.05, 0.1) is 18.6 Å². The molecule has 1 aromatic rings. The maximum absolute atomic E-state index is 12.8. The molecule has 0 bridgehead atoms. The number of esters is 1. The third-order valence-electron chi connectivity index (χ3n) is 5.34. The number of hydrogen-bond acceptors (Lipinski definition) is 6. The highest BCUT2D eigenvalue weighted by Gasteiger charge is 2.31. The Morgan fingerprint density at radius 1 is 1.14 bits per heavy atom. The van der Waals surface area contributed by atoms with E-state index in [1.807, 2.05) is 25.7 Å². The number of sulfonamides is 1. The zero-order valence-electron chi connectivity index (χ0n) is 17.6. The van der Waals surface area contributed by atoms with E-state index < -0.39 is 22.0 Å². The van der Waals surface area contributed by atoms with Crippen LogP contribution in [0.3, 0.4) is 0 Å². The van der Waals surface area contributed by atoms with Gasteiger partial charge in [0.2, 0.25) is 15.9 Å². The highest BCUT2D eigenvalue weighted by Crippen LogP contribution is 2.18. The molecule has 162 valence electrons. The molecular formula is C20H31N3O5S. The van der Waals surface area contributed by atoms with Gasteiger partial charge < -0.3 is 10.1 Å². The number of nitrogens with zero attached hydrogens (tertiary/aromatic N) is 2. The van der Waals surface area contributed by atoms with Crippen LogP contribution >= 0.6 is 0 Å². The van der Waals surface area contributed by atoms with Gasteiger partial charge in [-0.15, -0.1) is 0 Å². The van der Waals surface area contributed by atoms with Gasteiger partial charge in [-0.25, -0.2) is 13.2 Å². The normalized spacial score (nSPS) is 18.1. The van der Waals surface area contributed by atoms with Gasteiger partial charge in [-0.2, -0.15) is 4.31 Å². The van der Waals surface area contributed by atoms with E-state index in [1.54, 1.807) is 24.3 Å². The number of benzene rings is 1. The lowest BCUT2D eigenvalue weighted by Gasteiger charge is -2.34. The first-order valence-electron chi connectivity index (χ1n) is 9.85. The van der Waals surface area contributed by atoms with Crippen molar-refractivity contribution in [1.29, 1.82) is 0 Å². The summed E-state index contributed by atoms with van der Waals surface area (Å²) in [4.78, 5) is 26.5. The van der Waals surface area contributed by atoms with Crippen molar-refractivity contribution >= 4 is 21.9 Å². The summed E-state index contributed by atoms with van der Waals surface area (Å²) in [5, 5.41) is 2.75. The molecule has 0 saturated carbocycles. The van der Waals surface area contributed by atoms with Crippen molar-refractivity contribution in [2.45, 2.75) is 38.1 Å². The third-order valence-corrected chi connectivity index (χ3v) is 7.25. The minimum atomic E-state index is -3.53. The second-order valence-corrected chi connectivity index (χ2v) is 9.39. The zero-order valence-corrected chi connectivity index (χ0v) is 18.4. The van der Waals surface area contributed by atoms with E-state index in [1.165, 1.54) is 11.4 Å². The average Bonchev–Trinajstić information content (AvgIpc) is 2.71. The zero-order chi connectivity index (χ0) is 21.6. The van der Waals surface area contributed by atoms with Gasteiger partial charge in [0.25, 0.3) is 0 Å². The van der Waals surface area contributed by atoms with E-state index in [-0.39, 0.29) is 23.3 Å². The van der Waals surface area contributed by atoms with Crippen LogP contribution in [-0.2, 0) is 24.3 Å². The number of ether oxygens (including phenoxy) is 1. The van der Waals surface area contributed by atoms with Gasteiger partial charge >= 0.3 is 5.97 Å². The van der Waals surface area contributed by atoms with Gasteiger partial charge in [0, 0.05) is 26.2 Å². The standard InChI is InChI=1S/C20H31N3O5S/c1-5-16(3)19(20(25)28-4)21-18(24)14-22-10-12-23(13-11-22)29(26,27)17-8-6-15(2)7-9-17/h6-9,16,19H,5,10-14H2,1-4H3,(H,21,24)/t16-,19-/m0/s1. The van der Waals surface area contributed by atoms with Crippen LogP contribution in [0.4, 0.5) is 0 Å². The lowest BCUT2D eigenvalue weighted by Crippen LogP contribution is -2.53. The van der Waals surface area contributed by atoms with Crippen LogP contribution in [0, 0.1) is 12.8 Å². The summed E-state index contributed by atoms with van der Waals surface area (Å²) >= 11 is 0. The SMILES string of the molecule is CC[C@H](C)[C@H](NC(=O)CN1CCN(S(=O)(=O)c2ccc(C)cc2)CC1)C(=O)OC. The van der Waals surface area contributed by atoms with E-state index in [0.717, 1.165) is 12.0 Å². The van der Waals surface area contributed by atoms with Gasteiger partial charge in [-0.3, -0.25) is 9.69 Å². The number of piperazine rings is 1. The van der Waals surface area contributed by atoms with Crippen molar-refractivity contribution in [2.75, 3.05) is 39.8 Å². The van der Waals surface area contributed by atoms with E-state index in [9.17, 15) is 18.0 Å². The van der Waals surface area contributed by atoms with Crippen molar-refractivity contribution in [3.05, 3.63) is 29.8 Å². The van der Waals surface area contributed by atoms with Crippen molar-refractivity contribution in [2.24, 2.45) is 5.92 Å². The number of rotatable bonds is 8. The summed E-state index contributed by atoms with van der Waals surface area (Å²) in [7, 11) is -2.23. The van der Waals surface area contributed by atoms with Gasteiger partial charge in [0.1, 0.15) is 6.04 Å². The largest absolute Gasteiger partial charge is 0.467 e. The lowest BCUT2D eigenvalue weighted by atomic mass is 9.99. The van der Waals surface area contributed by atoms with Crippen LogP contribution in [0.5, 0.6) is 0 Å². The van der Waals surface area contributed by atoms with E-state index in [4.69, 9.17) is 4.74 Å². The van der Waals surface area contributed by atoms with Crippen LogP contribution in [0.15, 0.2) is 29.2 Å². The number of hydrogen-bond donors (Lipinski definition) is 1. The van der Waals surface area contributed by atoms with Crippen LogP contribution in [0.25, 0.3) is 0 Å². The molecule has 1 heterocycles. The van der Waals surface area contributed by atoms with E-state index in [0.29, 0.717) is 26.2 Å². The minimum Gasteiger partial charge on any atom is -0.467 e. The molecule has 2 atom stereocenters. The number of aryl methyl sites for hydroxylation is 1. The molecule has 9 heteroatoms. The number of carbonyl (C=O) groups excluding carboxylic acids is 2.